The van der Waals surface area contributed by atoms with Crippen molar-refractivity contribution in [3.05, 3.63) is 42.0 Å². The molecule has 0 unspecified atom stereocenters. The lowest BCUT2D eigenvalue weighted by Crippen LogP contribution is -2.86. The molecule has 1 aliphatic rings. The zero-order valence-corrected chi connectivity index (χ0v) is 15.6. The van der Waals surface area contributed by atoms with Gasteiger partial charge in [0.1, 0.15) is 11.4 Å². The van der Waals surface area contributed by atoms with Gasteiger partial charge in [-0.25, -0.2) is 4.79 Å². The summed E-state index contributed by atoms with van der Waals surface area (Å²) in [6.07, 6.45) is 2.13. The van der Waals surface area contributed by atoms with E-state index in [9.17, 15) is 9.59 Å². The Morgan fingerprint density at radius 2 is 1.69 bits per heavy atom. The van der Waals surface area contributed by atoms with Gasteiger partial charge >= 0.3 is 11.9 Å². The van der Waals surface area contributed by atoms with Crippen molar-refractivity contribution < 1.29 is 24.4 Å². The molecule has 2 aromatic rings. The number of rotatable bonds is 4. The molecule has 0 saturated carbocycles. The maximum absolute atomic E-state index is 12.7. The highest BCUT2D eigenvalue weighted by Gasteiger charge is 2.35. The van der Waals surface area contributed by atoms with Gasteiger partial charge in [-0.15, -0.1) is 0 Å². The third-order valence-electron chi connectivity index (χ3n) is 5.09. The zero-order valence-electron chi connectivity index (χ0n) is 15.6. The molecular weight excluding hydrogens is 330 g/mol. The van der Waals surface area contributed by atoms with Crippen LogP contribution < -0.4 is 10.1 Å². The predicted molar refractivity (Wildman–Crippen MR) is 99.1 cm³/mol. The number of hydrogen-bond acceptors (Lipinski definition) is 4. The minimum Gasteiger partial charge on any atom is -0.456 e. The Kier molecular flexibility index (Phi) is 5.28. The first-order valence-corrected chi connectivity index (χ1v) is 9.12. The maximum atomic E-state index is 12.7. The van der Waals surface area contributed by atoms with Crippen LogP contribution in [0.2, 0.25) is 0 Å². The third kappa shape index (κ3) is 4.22. The van der Waals surface area contributed by atoms with Crippen molar-refractivity contribution in [3.63, 3.8) is 0 Å². The van der Waals surface area contributed by atoms with Gasteiger partial charge in [0.05, 0.1) is 18.7 Å². The molecule has 1 saturated heterocycles. The van der Waals surface area contributed by atoms with Crippen molar-refractivity contribution >= 4 is 22.7 Å². The molecule has 2 aromatic carbocycles. The molecule has 0 bridgehead atoms. The van der Waals surface area contributed by atoms with Crippen molar-refractivity contribution in [1.82, 2.24) is 0 Å². The van der Waals surface area contributed by atoms with E-state index in [1.54, 1.807) is 18.2 Å². The van der Waals surface area contributed by atoms with Crippen molar-refractivity contribution in [3.8, 4) is 5.75 Å². The smallest absolute Gasteiger partial charge is 0.338 e. The highest BCUT2D eigenvalue weighted by Crippen LogP contribution is 2.29. The number of piperidine rings is 1. The van der Waals surface area contributed by atoms with Gasteiger partial charge in [0.15, 0.2) is 0 Å². The molecular formula is C21H26NO4+. The third-order valence-corrected chi connectivity index (χ3v) is 5.09. The van der Waals surface area contributed by atoms with E-state index in [2.05, 4.69) is 5.32 Å². The van der Waals surface area contributed by atoms with Gasteiger partial charge < -0.3 is 14.8 Å². The number of carbonyl (C=O) groups is 2. The summed E-state index contributed by atoms with van der Waals surface area (Å²) in [5.74, 6) is 0.237. The summed E-state index contributed by atoms with van der Waals surface area (Å²) < 4.78 is 11.0. The molecule has 0 aliphatic carbocycles. The van der Waals surface area contributed by atoms with Gasteiger partial charge in [-0.05, 0) is 48.9 Å². The Bertz CT molecular complexity index is 822. The Hall–Kier alpha value is -2.40. The lowest BCUT2D eigenvalue weighted by Gasteiger charge is -2.35. The number of fused-ring (bicyclic) bond motifs is 1. The Labute approximate surface area is 153 Å². The molecule has 0 amide bonds. The van der Waals surface area contributed by atoms with E-state index in [0.29, 0.717) is 17.2 Å². The summed E-state index contributed by atoms with van der Waals surface area (Å²) in [7, 11) is 0. The number of nitrogens with two attached hydrogens (primary N) is 1. The highest BCUT2D eigenvalue weighted by atomic mass is 16.6. The van der Waals surface area contributed by atoms with E-state index in [-0.39, 0.29) is 11.9 Å². The van der Waals surface area contributed by atoms with Gasteiger partial charge in [0, 0.05) is 25.7 Å². The van der Waals surface area contributed by atoms with E-state index < -0.39 is 5.60 Å². The summed E-state index contributed by atoms with van der Waals surface area (Å²) in [5, 5.41) is 4.12. The Morgan fingerprint density at radius 1 is 1.04 bits per heavy atom. The molecule has 1 aliphatic heterocycles. The van der Waals surface area contributed by atoms with Crippen LogP contribution in [0.4, 0.5) is 0 Å². The molecule has 0 radical (unpaired) electrons. The van der Waals surface area contributed by atoms with E-state index in [4.69, 9.17) is 9.47 Å². The molecule has 3 rings (SSSR count). The molecule has 1 heterocycles. The molecule has 2 N–H and O–H groups in total. The summed E-state index contributed by atoms with van der Waals surface area (Å²) in [5.41, 5.74) is 0.0626. The van der Waals surface area contributed by atoms with Crippen LogP contribution >= 0.6 is 0 Å². The van der Waals surface area contributed by atoms with Gasteiger partial charge in [-0.2, -0.15) is 0 Å². The van der Waals surface area contributed by atoms with E-state index in [1.807, 2.05) is 32.0 Å². The molecule has 5 nitrogen and oxygen atoms in total. The monoisotopic (exact) mass is 356 g/mol. The highest BCUT2D eigenvalue weighted by molar-refractivity contribution is 5.96. The van der Waals surface area contributed by atoms with Crippen molar-refractivity contribution in [2.45, 2.75) is 39.2 Å². The average Bonchev–Trinajstić information content (AvgIpc) is 2.61. The van der Waals surface area contributed by atoms with Crippen molar-refractivity contribution in [2.75, 3.05) is 13.1 Å². The number of hydrogen-bond donors (Lipinski definition) is 1. The number of ether oxygens (including phenoxy) is 2. The summed E-state index contributed by atoms with van der Waals surface area (Å²) in [6, 6.07) is 10.8. The van der Waals surface area contributed by atoms with E-state index in [1.165, 1.54) is 6.92 Å². The molecule has 138 valence electrons. The van der Waals surface area contributed by atoms with Crippen LogP contribution in [0.1, 0.15) is 44.0 Å². The SMILES string of the molecule is CC(=O)Oc1ccc2cc(C(=O)OC(C)(C)C3CC[NH2+]CC3)ccc2c1. The second-order valence-corrected chi connectivity index (χ2v) is 7.45. The van der Waals surface area contributed by atoms with Gasteiger partial charge in [0.25, 0.3) is 0 Å². The first kappa shape index (κ1) is 18.4. The van der Waals surface area contributed by atoms with Crippen LogP contribution in [0.5, 0.6) is 5.75 Å². The molecule has 5 heteroatoms. The first-order valence-electron chi connectivity index (χ1n) is 9.12. The fraction of sp³-hybridized carbons (Fsp3) is 0.429. The maximum Gasteiger partial charge on any atom is 0.338 e. The van der Waals surface area contributed by atoms with Gasteiger partial charge in [-0.1, -0.05) is 12.1 Å². The standard InChI is InChI=1S/C21H25NO4/c1-14(23)25-19-7-6-15-12-17(5-4-16(15)13-19)20(24)26-21(2,3)18-8-10-22-11-9-18/h4-7,12-13,18,22H,8-11H2,1-3H3/p+1. The number of quaternary nitrogens is 1. The van der Waals surface area contributed by atoms with Crippen LogP contribution in [0.15, 0.2) is 36.4 Å². The largest absolute Gasteiger partial charge is 0.456 e. The minimum atomic E-state index is -0.473. The Morgan fingerprint density at radius 3 is 2.38 bits per heavy atom. The summed E-state index contributed by atoms with van der Waals surface area (Å²) in [6.45, 7) is 7.56. The lowest BCUT2D eigenvalue weighted by molar-refractivity contribution is -0.665. The molecule has 26 heavy (non-hydrogen) atoms. The van der Waals surface area contributed by atoms with Crippen LogP contribution in [-0.4, -0.2) is 30.6 Å². The summed E-state index contributed by atoms with van der Waals surface area (Å²) >= 11 is 0. The Balaban J connectivity index is 1.76. The topological polar surface area (TPSA) is 69.2 Å². The minimum absolute atomic E-state index is 0.296. The second kappa shape index (κ2) is 7.46. The van der Waals surface area contributed by atoms with Crippen LogP contribution in [0.3, 0.4) is 0 Å². The zero-order chi connectivity index (χ0) is 18.7. The molecule has 0 aromatic heterocycles. The molecule has 0 atom stereocenters. The fourth-order valence-electron chi connectivity index (χ4n) is 3.58. The first-order chi connectivity index (χ1) is 12.3. The molecule has 1 fully saturated rings. The average molecular weight is 356 g/mol. The van der Waals surface area contributed by atoms with Gasteiger partial charge in [0.2, 0.25) is 0 Å². The van der Waals surface area contributed by atoms with Gasteiger partial charge in [-0.3, -0.25) is 4.79 Å². The fourth-order valence-corrected chi connectivity index (χ4v) is 3.58. The number of carbonyl (C=O) groups excluding carboxylic acids is 2. The van der Waals surface area contributed by atoms with Crippen LogP contribution in [0, 0.1) is 5.92 Å². The summed E-state index contributed by atoms with van der Waals surface area (Å²) in [4.78, 5) is 23.7. The molecule has 0 spiro atoms. The van der Waals surface area contributed by atoms with E-state index in [0.717, 1.165) is 36.7 Å². The second-order valence-electron chi connectivity index (χ2n) is 7.45. The predicted octanol–water partition coefficient (Wildman–Crippen LogP) is 2.67. The number of benzene rings is 2. The number of esters is 2. The van der Waals surface area contributed by atoms with Crippen LogP contribution in [-0.2, 0) is 9.53 Å². The van der Waals surface area contributed by atoms with Crippen molar-refractivity contribution in [1.29, 1.82) is 0 Å². The van der Waals surface area contributed by atoms with E-state index >= 15 is 0 Å². The quantitative estimate of drug-likeness (QED) is 0.675. The van der Waals surface area contributed by atoms with Crippen molar-refractivity contribution in [2.24, 2.45) is 5.92 Å². The normalized spacial score (nSPS) is 15.7. The lowest BCUT2D eigenvalue weighted by atomic mass is 9.83. The van der Waals surface area contributed by atoms with Crippen LogP contribution in [0.25, 0.3) is 10.8 Å².